The number of hydrogen-bond acceptors (Lipinski definition) is 5. The Labute approximate surface area is 259 Å². The van der Waals surface area contributed by atoms with E-state index in [2.05, 4.69) is 23.1 Å². The van der Waals surface area contributed by atoms with E-state index >= 15 is 0 Å². The number of fused-ring (bicyclic) bond motifs is 6. The third kappa shape index (κ3) is 5.09. The summed E-state index contributed by atoms with van der Waals surface area (Å²) in [6, 6.07) is 9.52. The number of carbonyl (C=O) groups excluding carboxylic acids is 2. The summed E-state index contributed by atoms with van der Waals surface area (Å²) in [6.07, 6.45) is 18.1. The summed E-state index contributed by atoms with van der Waals surface area (Å²) < 4.78 is 5.30. The van der Waals surface area contributed by atoms with Gasteiger partial charge in [-0.1, -0.05) is 42.2 Å². The average Bonchev–Trinajstić information content (AvgIpc) is 3.29. The van der Waals surface area contributed by atoms with E-state index in [0.717, 1.165) is 61.6 Å². The molecule has 7 heteroatoms. The molecule has 1 amide bonds. The van der Waals surface area contributed by atoms with Gasteiger partial charge in [0.25, 0.3) is 0 Å². The van der Waals surface area contributed by atoms with Crippen molar-refractivity contribution in [1.82, 2.24) is 4.98 Å². The predicted molar refractivity (Wildman–Crippen MR) is 168 cm³/mol. The highest BCUT2D eigenvalue weighted by molar-refractivity contribution is 6.30. The number of aromatic nitrogens is 1. The summed E-state index contributed by atoms with van der Waals surface area (Å²) in [7, 11) is 0. The minimum atomic E-state index is -0.893. The fourth-order valence-electron chi connectivity index (χ4n) is 9.22. The zero-order valence-electron chi connectivity index (χ0n) is 25.3. The van der Waals surface area contributed by atoms with Crippen LogP contribution in [0.5, 0.6) is 0 Å². The summed E-state index contributed by atoms with van der Waals surface area (Å²) in [5.74, 6) is 6.27. The SMILES string of the molecule is C#C[C@]1(O)CC[C@H]2[C@@H]3CCC4=CC(=O)CC[C@@H]4[C@H]3CC[C@@]21CC.CC1(C)OC(=O)Nc2ncc(-c3cccc(Cl)c3)cc21. The number of nitrogens with zero attached hydrogens (tertiary/aromatic N) is 1. The van der Waals surface area contributed by atoms with E-state index in [1.165, 1.54) is 18.4 Å². The van der Waals surface area contributed by atoms with Crippen LogP contribution in [0.1, 0.15) is 84.1 Å². The second kappa shape index (κ2) is 11.1. The first-order chi connectivity index (χ1) is 20.5. The largest absolute Gasteiger partial charge is 0.438 e. The van der Waals surface area contributed by atoms with Crippen LogP contribution in [0.25, 0.3) is 11.1 Å². The van der Waals surface area contributed by atoms with Gasteiger partial charge in [0.1, 0.15) is 17.0 Å². The molecule has 0 radical (unpaired) electrons. The number of amides is 1. The third-order valence-electron chi connectivity index (χ3n) is 11.3. The van der Waals surface area contributed by atoms with Crippen LogP contribution in [0.15, 0.2) is 48.2 Å². The van der Waals surface area contributed by atoms with E-state index < -0.39 is 17.3 Å². The van der Waals surface area contributed by atoms with Crippen molar-refractivity contribution in [2.24, 2.45) is 29.1 Å². The molecule has 5 aliphatic rings. The van der Waals surface area contributed by atoms with E-state index in [9.17, 15) is 14.7 Å². The Kier molecular flexibility index (Phi) is 7.72. The summed E-state index contributed by atoms with van der Waals surface area (Å²) in [4.78, 5) is 27.5. The number of benzene rings is 1. The van der Waals surface area contributed by atoms with Gasteiger partial charge in [0.2, 0.25) is 0 Å². The van der Waals surface area contributed by atoms with Crippen molar-refractivity contribution in [3.63, 3.8) is 0 Å². The van der Waals surface area contributed by atoms with Crippen LogP contribution >= 0.6 is 11.6 Å². The van der Waals surface area contributed by atoms with Gasteiger partial charge in [-0.3, -0.25) is 10.1 Å². The van der Waals surface area contributed by atoms with E-state index in [4.69, 9.17) is 22.8 Å². The molecule has 3 saturated carbocycles. The van der Waals surface area contributed by atoms with Gasteiger partial charge in [-0.25, -0.2) is 9.78 Å². The first kappa shape index (κ1) is 29.9. The van der Waals surface area contributed by atoms with Gasteiger partial charge >= 0.3 is 6.09 Å². The predicted octanol–water partition coefficient (Wildman–Crippen LogP) is 8.08. The van der Waals surface area contributed by atoms with E-state index in [-0.39, 0.29) is 5.41 Å². The number of aliphatic hydroxyl groups is 1. The Morgan fingerprint density at radius 1 is 1.09 bits per heavy atom. The lowest BCUT2D eigenvalue weighted by atomic mass is 9.49. The fraction of sp³-hybridized carbons (Fsp3) is 0.528. The first-order valence-electron chi connectivity index (χ1n) is 15.7. The van der Waals surface area contributed by atoms with Gasteiger partial charge in [-0.05, 0) is 119 Å². The smallest absolute Gasteiger partial charge is 0.413 e. The second-order valence-corrected chi connectivity index (χ2v) is 14.0. The van der Waals surface area contributed by atoms with Crippen LogP contribution in [0.2, 0.25) is 5.02 Å². The molecule has 43 heavy (non-hydrogen) atoms. The summed E-state index contributed by atoms with van der Waals surface area (Å²) >= 11 is 6.01. The standard InChI is InChI=1S/C21H28O2.C15H13ClN2O2/c1-3-20-11-9-17-16-8-6-15(22)13-14(16)5-7-18(17)19(20)10-12-21(20,23)4-2;1-15(2)12-7-10(9-4-3-5-11(16)6-9)8-17-13(12)18-14(19)20-15/h2,13,16-19,23H,3,5-12H2,1H3;3-8H,1-2H3,(H,17,18,19)/t16-,17+,18+,19-,20-,21-;/m0./s1. The van der Waals surface area contributed by atoms with Crippen LogP contribution in [0, 0.1) is 41.4 Å². The number of rotatable bonds is 2. The number of anilines is 1. The van der Waals surface area contributed by atoms with Crippen molar-refractivity contribution in [1.29, 1.82) is 0 Å². The molecular weight excluding hydrogens is 560 g/mol. The number of halogens is 1. The van der Waals surface area contributed by atoms with E-state index in [0.29, 0.717) is 40.3 Å². The summed E-state index contributed by atoms with van der Waals surface area (Å²) in [5, 5.41) is 14.4. The number of carbonyl (C=O) groups is 2. The number of ether oxygens (including phenoxy) is 1. The Hall–Kier alpha value is -3.14. The highest BCUT2D eigenvalue weighted by atomic mass is 35.5. The fourth-order valence-corrected chi connectivity index (χ4v) is 9.41. The van der Waals surface area contributed by atoms with Gasteiger partial charge in [0, 0.05) is 34.2 Å². The third-order valence-corrected chi connectivity index (χ3v) is 11.5. The van der Waals surface area contributed by atoms with Crippen LogP contribution in [-0.4, -0.2) is 27.6 Å². The monoisotopic (exact) mass is 600 g/mol. The number of cyclic esters (lactones) is 1. The van der Waals surface area contributed by atoms with Crippen LogP contribution in [0.3, 0.4) is 0 Å². The zero-order chi connectivity index (χ0) is 30.6. The number of pyridine rings is 1. The van der Waals surface area contributed by atoms with Crippen molar-refractivity contribution in [3.05, 3.63) is 58.8 Å². The van der Waals surface area contributed by atoms with Gasteiger partial charge in [0.05, 0.1) is 0 Å². The molecule has 1 aromatic carbocycles. The van der Waals surface area contributed by atoms with Crippen LogP contribution < -0.4 is 5.32 Å². The first-order valence-corrected chi connectivity index (χ1v) is 16.1. The minimum absolute atomic E-state index is 0.0609. The lowest BCUT2D eigenvalue weighted by Crippen LogP contribution is -2.53. The van der Waals surface area contributed by atoms with E-state index in [1.807, 2.05) is 50.3 Å². The number of allylic oxidation sites excluding steroid dienone is 1. The van der Waals surface area contributed by atoms with Crippen molar-refractivity contribution in [3.8, 4) is 23.5 Å². The number of nitrogens with one attached hydrogen (secondary N) is 1. The highest BCUT2D eigenvalue weighted by Crippen LogP contribution is 2.66. The molecule has 6 atom stereocenters. The summed E-state index contributed by atoms with van der Waals surface area (Å²) in [5.41, 5.74) is 2.51. The molecule has 1 aromatic heterocycles. The normalized spacial score (nSPS) is 33.5. The molecule has 226 valence electrons. The molecule has 0 unspecified atom stereocenters. The Balaban J connectivity index is 0.000000155. The lowest BCUT2D eigenvalue weighted by molar-refractivity contribution is -0.117. The van der Waals surface area contributed by atoms with E-state index in [1.54, 1.807) is 6.20 Å². The molecule has 6 nitrogen and oxygen atoms in total. The number of terminal acetylenes is 1. The van der Waals surface area contributed by atoms with Crippen molar-refractivity contribution in [2.45, 2.75) is 89.8 Å². The maximum absolute atomic E-state index is 11.8. The van der Waals surface area contributed by atoms with Crippen molar-refractivity contribution < 1.29 is 19.4 Å². The van der Waals surface area contributed by atoms with Crippen molar-refractivity contribution in [2.75, 3.05) is 5.32 Å². The molecule has 7 rings (SSSR count). The molecular formula is C36H41ClN2O4. The molecule has 0 spiro atoms. The molecule has 2 heterocycles. The average molecular weight is 601 g/mol. The molecule has 4 aliphatic carbocycles. The quantitative estimate of drug-likeness (QED) is 0.340. The Bertz CT molecular complexity index is 1530. The maximum Gasteiger partial charge on any atom is 0.413 e. The molecule has 2 aromatic rings. The van der Waals surface area contributed by atoms with Gasteiger partial charge in [-0.2, -0.15) is 0 Å². The summed E-state index contributed by atoms with van der Waals surface area (Å²) in [6.45, 7) is 5.90. The van der Waals surface area contributed by atoms with Crippen LogP contribution in [-0.2, 0) is 15.1 Å². The molecule has 1 aliphatic heterocycles. The van der Waals surface area contributed by atoms with Crippen LogP contribution in [0.4, 0.5) is 10.6 Å². The van der Waals surface area contributed by atoms with Gasteiger partial charge < -0.3 is 9.84 Å². The zero-order valence-corrected chi connectivity index (χ0v) is 26.0. The van der Waals surface area contributed by atoms with Gasteiger partial charge in [-0.15, -0.1) is 6.42 Å². The van der Waals surface area contributed by atoms with Gasteiger partial charge in [0.15, 0.2) is 5.78 Å². The lowest BCUT2D eigenvalue weighted by Gasteiger charge is -2.55. The highest BCUT2D eigenvalue weighted by Gasteiger charge is 2.63. The van der Waals surface area contributed by atoms with Crippen molar-refractivity contribution >= 4 is 29.3 Å². The maximum atomic E-state index is 11.8. The minimum Gasteiger partial charge on any atom is -0.438 e. The molecule has 2 N–H and O–H groups in total. The second-order valence-electron chi connectivity index (χ2n) is 13.6. The molecule has 0 saturated heterocycles. The number of ketones is 1. The Morgan fingerprint density at radius 2 is 1.91 bits per heavy atom. The molecule has 0 bridgehead atoms. The number of hydrogen-bond donors (Lipinski definition) is 2. The Morgan fingerprint density at radius 3 is 2.65 bits per heavy atom. The molecule has 3 fully saturated rings. The topological polar surface area (TPSA) is 88.5 Å².